The third kappa shape index (κ3) is 4.20. The van der Waals surface area contributed by atoms with Crippen molar-refractivity contribution in [2.45, 2.75) is 6.92 Å². The number of sulfonamides is 1. The molecule has 0 aliphatic carbocycles. The van der Waals surface area contributed by atoms with E-state index in [0.717, 1.165) is 11.8 Å². The second-order valence-corrected chi connectivity index (χ2v) is 7.01. The van der Waals surface area contributed by atoms with Crippen molar-refractivity contribution in [3.05, 3.63) is 34.4 Å². The summed E-state index contributed by atoms with van der Waals surface area (Å²) in [5.41, 5.74) is 2.40. The van der Waals surface area contributed by atoms with Gasteiger partial charge in [-0.3, -0.25) is 9.52 Å². The van der Waals surface area contributed by atoms with Crippen molar-refractivity contribution in [3.8, 4) is 0 Å². The summed E-state index contributed by atoms with van der Waals surface area (Å²) in [6, 6.07) is 4.54. The number of halogens is 1. The van der Waals surface area contributed by atoms with Crippen LogP contribution in [0.15, 0.2) is 29.3 Å². The van der Waals surface area contributed by atoms with Crippen molar-refractivity contribution in [1.82, 2.24) is 5.32 Å². The Morgan fingerprint density at radius 1 is 1.33 bits per heavy atom. The minimum absolute atomic E-state index is 0.245. The lowest BCUT2D eigenvalue weighted by atomic mass is 10.0. The standard InChI is InChI=1S/C13H16ClN3O3S/c1-8(9-6-15-7-9)13(18)16-12-5-10(3-4-11(12)14)17-21(2,19)20/h3-5,15,17H,6-7H2,1-2H3,(H,16,18). The van der Waals surface area contributed by atoms with Gasteiger partial charge in [-0.15, -0.1) is 0 Å². The van der Waals surface area contributed by atoms with Gasteiger partial charge in [0.05, 0.1) is 22.7 Å². The molecule has 0 aromatic heterocycles. The van der Waals surface area contributed by atoms with Crippen LogP contribution in [-0.2, 0) is 14.8 Å². The molecule has 2 rings (SSSR count). The first-order valence-corrected chi connectivity index (χ1v) is 8.51. The van der Waals surface area contributed by atoms with Crippen LogP contribution in [0.25, 0.3) is 0 Å². The summed E-state index contributed by atoms with van der Waals surface area (Å²) in [4.78, 5) is 12.1. The maximum absolute atomic E-state index is 12.1. The number of amides is 1. The van der Waals surface area contributed by atoms with Gasteiger partial charge in [0.25, 0.3) is 5.91 Å². The van der Waals surface area contributed by atoms with Gasteiger partial charge in [-0.25, -0.2) is 8.42 Å². The molecule has 0 bridgehead atoms. The van der Waals surface area contributed by atoms with E-state index in [1.165, 1.54) is 18.2 Å². The van der Waals surface area contributed by atoms with E-state index in [4.69, 9.17) is 11.6 Å². The van der Waals surface area contributed by atoms with Gasteiger partial charge in [-0.1, -0.05) is 11.6 Å². The average molecular weight is 330 g/mol. The maximum atomic E-state index is 12.1. The number of hydrogen-bond donors (Lipinski definition) is 3. The van der Waals surface area contributed by atoms with Crippen molar-refractivity contribution in [2.24, 2.45) is 0 Å². The summed E-state index contributed by atoms with van der Waals surface area (Å²) >= 11 is 6.02. The number of carbonyl (C=O) groups is 1. The van der Waals surface area contributed by atoms with E-state index in [9.17, 15) is 13.2 Å². The minimum Gasteiger partial charge on any atom is -0.321 e. The molecule has 0 spiro atoms. The van der Waals surface area contributed by atoms with Crippen LogP contribution in [0.1, 0.15) is 6.92 Å². The number of rotatable bonds is 4. The summed E-state index contributed by atoms with van der Waals surface area (Å²) in [5, 5.41) is 6.10. The van der Waals surface area contributed by atoms with Gasteiger partial charge in [0.2, 0.25) is 10.0 Å². The van der Waals surface area contributed by atoms with E-state index in [1.54, 1.807) is 6.92 Å². The molecule has 114 valence electrons. The highest BCUT2D eigenvalue weighted by Crippen LogP contribution is 2.26. The Hall–Kier alpha value is -1.57. The van der Waals surface area contributed by atoms with Crippen LogP contribution in [-0.4, -0.2) is 33.7 Å². The molecular weight excluding hydrogens is 314 g/mol. The summed E-state index contributed by atoms with van der Waals surface area (Å²) in [5.74, 6) is -0.245. The number of carbonyl (C=O) groups excluding carboxylic acids is 1. The van der Waals surface area contributed by atoms with Crippen LogP contribution < -0.4 is 15.4 Å². The topological polar surface area (TPSA) is 87.3 Å². The molecule has 1 aromatic rings. The first kappa shape index (κ1) is 15.8. The Morgan fingerprint density at radius 3 is 2.52 bits per heavy atom. The summed E-state index contributed by atoms with van der Waals surface area (Å²) in [7, 11) is -3.38. The number of nitrogens with one attached hydrogen (secondary N) is 3. The first-order valence-electron chi connectivity index (χ1n) is 6.24. The van der Waals surface area contributed by atoms with E-state index >= 15 is 0 Å². The fraction of sp³-hybridized carbons (Fsp3) is 0.308. The first-order chi connectivity index (χ1) is 9.76. The third-order valence-electron chi connectivity index (χ3n) is 3.07. The molecule has 1 amide bonds. The molecule has 0 unspecified atom stereocenters. The lowest BCUT2D eigenvalue weighted by Gasteiger charge is -2.21. The van der Waals surface area contributed by atoms with E-state index in [1.807, 2.05) is 0 Å². The second kappa shape index (κ2) is 6.05. The van der Waals surface area contributed by atoms with E-state index in [2.05, 4.69) is 15.4 Å². The van der Waals surface area contributed by atoms with Crippen molar-refractivity contribution in [2.75, 3.05) is 29.4 Å². The van der Waals surface area contributed by atoms with Crippen molar-refractivity contribution >= 4 is 38.9 Å². The van der Waals surface area contributed by atoms with E-state index in [0.29, 0.717) is 35.1 Å². The highest BCUT2D eigenvalue weighted by molar-refractivity contribution is 7.92. The van der Waals surface area contributed by atoms with Gasteiger partial charge in [-0.2, -0.15) is 0 Å². The molecule has 0 atom stereocenters. The molecule has 0 saturated carbocycles. The van der Waals surface area contributed by atoms with Gasteiger partial charge in [-0.05, 0) is 30.7 Å². The Balaban J connectivity index is 2.19. The van der Waals surface area contributed by atoms with E-state index < -0.39 is 10.0 Å². The van der Waals surface area contributed by atoms with Crippen LogP contribution in [0.3, 0.4) is 0 Å². The molecule has 8 heteroatoms. The van der Waals surface area contributed by atoms with Gasteiger partial charge in [0.15, 0.2) is 0 Å². The van der Waals surface area contributed by atoms with E-state index in [-0.39, 0.29) is 5.91 Å². The van der Waals surface area contributed by atoms with Crippen LogP contribution in [0.4, 0.5) is 11.4 Å². The zero-order valence-electron chi connectivity index (χ0n) is 11.7. The highest BCUT2D eigenvalue weighted by atomic mass is 35.5. The van der Waals surface area contributed by atoms with Crippen LogP contribution in [0, 0.1) is 0 Å². The fourth-order valence-electron chi connectivity index (χ4n) is 1.79. The fourth-order valence-corrected chi connectivity index (χ4v) is 2.51. The number of benzene rings is 1. The minimum atomic E-state index is -3.38. The predicted octanol–water partition coefficient (Wildman–Crippen LogP) is 1.57. The summed E-state index contributed by atoms with van der Waals surface area (Å²) in [6.07, 6.45) is 1.05. The molecule has 1 aliphatic heterocycles. The smallest absolute Gasteiger partial charge is 0.251 e. The quantitative estimate of drug-likeness (QED) is 0.732. The molecule has 1 saturated heterocycles. The van der Waals surface area contributed by atoms with Gasteiger partial charge in [0, 0.05) is 18.7 Å². The SMILES string of the molecule is CC(C(=O)Nc1cc(NS(C)(=O)=O)ccc1Cl)=C1CNC1. The molecule has 1 fully saturated rings. The summed E-state index contributed by atoms with van der Waals surface area (Å²) in [6.45, 7) is 3.17. The Bertz CT molecular complexity index is 707. The van der Waals surface area contributed by atoms with Gasteiger partial charge >= 0.3 is 0 Å². The van der Waals surface area contributed by atoms with Crippen LogP contribution in [0.2, 0.25) is 5.02 Å². The normalized spacial score (nSPS) is 14.3. The van der Waals surface area contributed by atoms with Crippen LogP contribution >= 0.6 is 11.6 Å². The molecule has 1 aromatic carbocycles. The summed E-state index contributed by atoms with van der Waals surface area (Å²) < 4.78 is 24.8. The van der Waals surface area contributed by atoms with Crippen molar-refractivity contribution in [1.29, 1.82) is 0 Å². The Kier molecular flexibility index (Phi) is 4.55. The average Bonchev–Trinajstić information content (AvgIpc) is 2.29. The molecule has 0 radical (unpaired) electrons. The maximum Gasteiger partial charge on any atom is 0.251 e. The Morgan fingerprint density at radius 2 is 2.00 bits per heavy atom. The lowest BCUT2D eigenvalue weighted by molar-refractivity contribution is -0.112. The molecular formula is C13H16ClN3O3S. The van der Waals surface area contributed by atoms with Gasteiger partial charge < -0.3 is 10.6 Å². The number of anilines is 2. The molecule has 6 nitrogen and oxygen atoms in total. The second-order valence-electron chi connectivity index (χ2n) is 4.86. The molecule has 1 aliphatic rings. The van der Waals surface area contributed by atoms with Gasteiger partial charge in [0.1, 0.15) is 0 Å². The lowest BCUT2D eigenvalue weighted by Crippen LogP contribution is -2.36. The third-order valence-corrected chi connectivity index (χ3v) is 4.00. The predicted molar refractivity (Wildman–Crippen MR) is 84.1 cm³/mol. The highest BCUT2D eigenvalue weighted by Gasteiger charge is 2.17. The monoisotopic (exact) mass is 329 g/mol. The molecule has 21 heavy (non-hydrogen) atoms. The molecule has 1 heterocycles. The number of hydrogen-bond acceptors (Lipinski definition) is 4. The van der Waals surface area contributed by atoms with Crippen molar-refractivity contribution in [3.63, 3.8) is 0 Å². The van der Waals surface area contributed by atoms with Crippen LogP contribution in [0.5, 0.6) is 0 Å². The zero-order valence-corrected chi connectivity index (χ0v) is 13.2. The van der Waals surface area contributed by atoms with Crippen molar-refractivity contribution < 1.29 is 13.2 Å². The largest absolute Gasteiger partial charge is 0.321 e. The molecule has 3 N–H and O–H groups in total. The Labute approximate surface area is 128 Å². The zero-order chi connectivity index (χ0) is 15.6.